The zero-order chi connectivity index (χ0) is 17.2. The molecule has 0 bridgehead atoms. The van der Waals surface area contributed by atoms with Crippen LogP contribution >= 0.6 is 11.3 Å². The van der Waals surface area contributed by atoms with Crippen molar-refractivity contribution in [3.63, 3.8) is 0 Å². The number of anilines is 1. The molecule has 3 aromatic rings. The second-order valence-corrected chi connectivity index (χ2v) is 7.14. The Bertz CT molecular complexity index is 888. The third-order valence-electron chi connectivity index (χ3n) is 4.42. The normalized spacial score (nSPS) is 14.4. The van der Waals surface area contributed by atoms with Gasteiger partial charge in [-0.05, 0) is 17.7 Å². The van der Waals surface area contributed by atoms with E-state index in [4.69, 9.17) is 4.74 Å². The van der Waals surface area contributed by atoms with Crippen LogP contribution in [0.4, 0.5) is 5.13 Å². The molecule has 2 heterocycles. The van der Waals surface area contributed by atoms with Crippen LogP contribution in [0.25, 0.3) is 10.2 Å². The first-order valence-corrected chi connectivity index (χ1v) is 9.06. The first-order chi connectivity index (χ1) is 12.2. The van der Waals surface area contributed by atoms with Gasteiger partial charge in [-0.25, -0.2) is 4.98 Å². The number of rotatable bonds is 5. The van der Waals surface area contributed by atoms with Gasteiger partial charge < -0.3 is 15.0 Å². The van der Waals surface area contributed by atoms with Gasteiger partial charge in [0.15, 0.2) is 5.13 Å². The number of nitrogens with one attached hydrogen (secondary N) is 1. The predicted molar refractivity (Wildman–Crippen MR) is 100 cm³/mol. The Morgan fingerprint density at radius 1 is 1.28 bits per heavy atom. The zero-order valence-electron chi connectivity index (χ0n) is 13.9. The fourth-order valence-electron chi connectivity index (χ4n) is 2.89. The number of thiazole rings is 1. The van der Waals surface area contributed by atoms with Crippen LogP contribution in [-0.2, 0) is 11.3 Å². The minimum atomic E-state index is 0.0326. The van der Waals surface area contributed by atoms with Crippen LogP contribution in [0.2, 0.25) is 0 Å². The maximum atomic E-state index is 12.3. The molecule has 1 aliphatic heterocycles. The summed E-state index contributed by atoms with van der Waals surface area (Å²) >= 11 is 1.65. The number of benzene rings is 2. The van der Waals surface area contributed by atoms with Gasteiger partial charge >= 0.3 is 0 Å². The number of hydrogen-bond donors (Lipinski definition) is 1. The van der Waals surface area contributed by atoms with Crippen molar-refractivity contribution in [1.82, 2.24) is 10.3 Å². The minimum absolute atomic E-state index is 0.0326. The van der Waals surface area contributed by atoms with Gasteiger partial charge in [0.1, 0.15) is 5.75 Å². The second-order valence-electron chi connectivity index (χ2n) is 6.14. The van der Waals surface area contributed by atoms with Crippen molar-refractivity contribution >= 4 is 32.6 Å². The first-order valence-electron chi connectivity index (χ1n) is 8.24. The van der Waals surface area contributed by atoms with Crippen LogP contribution in [0.15, 0.2) is 48.5 Å². The lowest BCUT2D eigenvalue weighted by atomic mass is 10.00. The summed E-state index contributed by atoms with van der Waals surface area (Å²) in [7, 11) is 1.66. The highest BCUT2D eigenvalue weighted by Crippen LogP contribution is 2.34. The molecule has 4 rings (SSSR count). The molecule has 1 fully saturated rings. The van der Waals surface area contributed by atoms with E-state index in [0.717, 1.165) is 39.8 Å². The van der Waals surface area contributed by atoms with Gasteiger partial charge in [0.2, 0.25) is 5.91 Å². The van der Waals surface area contributed by atoms with Crippen LogP contribution in [0.1, 0.15) is 5.56 Å². The molecule has 1 N–H and O–H groups in total. The summed E-state index contributed by atoms with van der Waals surface area (Å²) in [4.78, 5) is 19.1. The minimum Gasteiger partial charge on any atom is -0.497 e. The van der Waals surface area contributed by atoms with E-state index in [1.54, 1.807) is 18.4 Å². The largest absolute Gasteiger partial charge is 0.497 e. The lowest BCUT2D eigenvalue weighted by molar-refractivity contribution is -0.125. The highest BCUT2D eigenvalue weighted by atomic mass is 32.1. The molecule has 0 atom stereocenters. The molecule has 1 aromatic heterocycles. The smallest absolute Gasteiger partial charge is 0.226 e. The number of methoxy groups -OCH3 is 1. The van der Waals surface area contributed by atoms with Crippen molar-refractivity contribution < 1.29 is 9.53 Å². The summed E-state index contributed by atoms with van der Waals surface area (Å²) in [6, 6.07) is 15.9. The number of nitrogens with zero attached hydrogens (tertiary/aromatic N) is 2. The summed E-state index contributed by atoms with van der Waals surface area (Å²) in [6.07, 6.45) is 0. The van der Waals surface area contributed by atoms with E-state index in [-0.39, 0.29) is 11.8 Å². The third kappa shape index (κ3) is 3.30. The summed E-state index contributed by atoms with van der Waals surface area (Å²) in [5.41, 5.74) is 2.06. The molecular formula is C19H19N3O2S. The van der Waals surface area contributed by atoms with Crippen LogP contribution in [0, 0.1) is 5.92 Å². The van der Waals surface area contributed by atoms with Crippen molar-refractivity contribution in [1.29, 1.82) is 0 Å². The number of carbonyl (C=O) groups excluding carboxylic acids is 1. The van der Waals surface area contributed by atoms with Crippen LogP contribution < -0.4 is 15.0 Å². The molecular weight excluding hydrogens is 334 g/mol. The van der Waals surface area contributed by atoms with E-state index in [9.17, 15) is 4.79 Å². The molecule has 0 radical (unpaired) electrons. The van der Waals surface area contributed by atoms with Gasteiger partial charge in [-0.3, -0.25) is 4.79 Å². The molecule has 0 unspecified atom stereocenters. The molecule has 128 valence electrons. The van der Waals surface area contributed by atoms with E-state index in [1.165, 1.54) is 0 Å². The SMILES string of the molecule is COc1ccc2sc(N3CC(C(=O)NCc4ccccc4)C3)nc2c1. The molecule has 0 spiro atoms. The molecule has 0 aliphatic carbocycles. The molecule has 1 aliphatic rings. The monoisotopic (exact) mass is 353 g/mol. The lowest BCUT2D eigenvalue weighted by Crippen LogP contribution is -2.53. The average molecular weight is 353 g/mol. The lowest BCUT2D eigenvalue weighted by Gasteiger charge is -2.37. The quantitative estimate of drug-likeness (QED) is 0.766. The average Bonchev–Trinajstić information content (AvgIpc) is 3.02. The molecule has 25 heavy (non-hydrogen) atoms. The number of ether oxygens (including phenoxy) is 1. The topological polar surface area (TPSA) is 54.5 Å². The van der Waals surface area contributed by atoms with Gasteiger partial charge in [-0.2, -0.15) is 0 Å². The van der Waals surface area contributed by atoms with Crippen LogP contribution in [-0.4, -0.2) is 31.1 Å². The van der Waals surface area contributed by atoms with Gasteiger partial charge in [-0.1, -0.05) is 41.7 Å². The Labute approximate surface area is 150 Å². The van der Waals surface area contributed by atoms with Gasteiger partial charge in [0, 0.05) is 25.7 Å². The summed E-state index contributed by atoms with van der Waals surface area (Å²) in [6.45, 7) is 2.02. The molecule has 2 aromatic carbocycles. The van der Waals surface area contributed by atoms with Crippen LogP contribution in [0.5, 0.6) is 5.75 Å². The highest BCUT2D eigenvalue weighted by Gasteiger charge is 2.34. The Kier molecular flexibility index (Phi) is 4.28. The predicted octanol–water partition coefficient (Wildman–Crippen LogP) is 3.06. The number of fused-ring (bicyclic) bond motifs is 1. The van der Waals surface area contributed by atoms with Gasteiger partial charge in [0.05, 0.1) is 23.2 Å². The summed E-state index contributed by atoms with van der Waals surface area (Å²) in [5, 5.41) is 3.98. The van der Waals surface area contributed by atoms with E-state index in [2.05, 4.69) is 15.2 Å². The molecule has 1 amide bonds. The maximum absolute atomic E-state index is 12.3. The molecule has 1 saturated heterocycles. The second kappa shape index (κ2) is 6.72. The van der Waals surface area contributed by atoms with Crippen molar-refractivity contribution in [2.45, 2.75) is 6.54 Å². The Balaban J connectivity index is 1.34. The van der Waals surface area contributed by atoms with E-state index in [0.29, 0.717) is 6.54 Å². The fourth-order valence-corrected chi connectivity index (χ4v) is 3.85. The zero-order valence-corrected chi connectivity index (χ0v) is 14.8. The number of amides is 1. The van der Waals surface area contributed by atoms with E-state index >= 15 is 0 Å². The van der Waals surface area contributed by atoms with Crippen molar-refractivity contribution in [2.75, 3.05) is 25.1 Å². The first kappa shape index (κ1) is 15.9. The third-order valence-corrected chi connectivity index (χ3v) is 5.51. The summed E-state index contributed by atoms with van der Waals surface area (Å²) in [5.74, 6) is 0.958. The van der Waals surface area contributed by atoms with Crippen LogP contribution in [0.3, 0.4) is 0 Å². The van der Waals surface area contributed by atoms with Crippen molar-refractivity contribution in [3.05, 3.63) is 54.1 Å². The Morgan fingerprint density at radius 2 is 2.08 bits per heavy atom. The molecule has 5 nitrogen and oxygen atoms in total. The van der Waals surface area contributed by atoms with Crippen molar-refractivity contribution in [3.8, 4) is 5.75 Å². The fraction of sp³-hybridized carbons (Fsp3) is 0.263. The molecule has 6 heteroatoms. The standard InChI is InChI=1S/C19H19N3O2S/c1-24-15-7-8-17-16(9-15)21-19(25-17)22-11-14(12-22)18(23)20-10-13-5-3-2-4-6-13/h2-9,14H,10-12H2,1H3,(H,20,23). The molecule has 0 saturated carbocycles. The van der Waals surface area contributed by atoms with E-state index in [1.807, 2.05) is 48.5 Å². The summed E-state index contributed by atoms with van der Waals surface area (Å²) < 4.78 is 6.37. The van der Waals surface area contributed by atoms with Crippen molar-refractivity contribution in [2.24, 2.45) is 5.92 Å². The maximum Gasteiger partial charge on any atom is 0.226 e. The van der Waals surface area contributed by atoms with Gasteiger partial charge in [-0.15, -0.1) is 0 Å². The number of aromatic nitrogens is 1. The highest BCUT2D eigenvalue weighted by molar-refractivity contribution is 7.22. The number of hydrogen-bond acceptors (Lipinski definition) is 5. The van der Waals surface area contributed by atoms with Gasteiger partial charge in [0.25, 0.3) is 0 Å². The Morgan fingerprint density at radius 3 is 2.84 bits per heavy atom. The number of carbonyl (C=O) groups is 1. The van der Waals surface area contributed by atoms with E-state index < -0.39 is 0 Å². The Hall–Kier alpha value is -2.60.